The van der Waals surface area contributed by atoms with Crippen LogP contribution < -0.4 is 0 Å². The van der Waals surface area contributed by atoms with Gasteiger partial charge in [-0.15, -0.1) is 0 Å². The molecule has 1 aliphatic rings. The van der Waals surface area contributed by atoms with E-state index in [1.165, 1.54) is 18.2 Å². The fourth-order valence-electron chi connectivity index (χ4n) is 2.35. The summed E-state index contributed by atoms with van der Waals surface area (Å²) < 4.78 is 0.864. The lowest BCUT2D eigenvalue weighted by atomic mass is 9.80. The second-order valence-corrected chi connectivity index (χ2v) is 7.27. The number of hydrogen-bond acceptors (Lipinski definition) is 7. The normalized spacial score (nSPS) is 18.4. The molecule has 0 fully saturated rings. The van der Waals surface area contributed by atoms with Crippen LogP contribution in [-0.4, -0.2) is 43.6 Å². The molecule has 0 aromatic heterocycles. The summed E-state index contributed by atoms with van der Waals surface area (Å²) >= 11 is 4.44. The van der Waals surface area contributed by atoms with Crippen LogP contribution in [0, 0.1) is 0 Å². The Bertz CT molecular complexity index is 844. The van der Waals surface area contributed by atoms with Crippen molar-refractivity contribution in [3.63, 3.8) is 0 Å². The van der Waals surface area contributed by atoms with Crippen LogP contribution in [-0.2, 0) is 0 Å². The van der Waals surface area contributed by atoms with Gasteiger partial charge >= 0.3 is 0 Å². The monoisotopic (exact) mass is 410 g/mol. The molecule has 0 heterocycles. The predicted molar refractivity (Wildman–Crippen MR) is 87.7 cm³/mol. The number of carbonyl (C=O) groups is 2. The SMILES string of the molecule is O=C1c2cccc(Sc3ccc(Br)cc3)c2C(=O)C(O)(O)C1(O)O. The number of benzene rings is 2. The smallest absolute Gasteiger partial charge is 0.292 e. The third-order valence-corrected chi connectivity index (χ3v) is 5.26. The Balaban J connectivity index is 2.13. The molecule has 0 atom stereocenters. The van der Waals surface area contributed by atoms with E-state index in [1.54, 1.807) is 24.3 Å². The van der Waals surface area contributed by atoms with E-state index in [4.69, 9.17) is 0 Å². The van der Waals surface area contributed by atoms with E-state index in [2.05, 4.69) is 15.9 Å². The Kier molecular flexibility index (Phi) is 4.15. The zero-order valence-corrected chi connectivity index (χ0v) is 14.3. The van der Waals surface area contributed by atoms with E-state index in [0.717, 1.165) is 21.1 Å². The highest BCUT2D eigenvalue weighted by Crippen LogP contribution is 2.40. The summed E-state index contributed by atoms with van der Waals surface area (Å²) in [6.07, 6.45) is 0. The van der Waals surface area contributed by atoms with Gasteiger partial charge < -0.3 is 20.4 Å². The first kappa shape index (κ1) is 17.3. The molecule has 0 bridgehead atoms. The van der Waals surface area contributed by atoms with Gasteiger partial charge in [0.1, 0.15) is 0 Å². The highest BCUT2D eigenvalue weighted by atomic mass is 79.9. The molecule has 2 aromatic rings. The van der Waals surface area contributed by atoms with Crippen molar-refractivity contribution in [2.75, 3.05) is 0 Å². The Morgan fingerprint density at radius 3 is 2.04 bits per heavy atom. The third kappa shape index (κ3) is 2.52. The lowest BCUT2D eigenvalue weighted by Gasteiger charge is -2.37. The van der Waals surface area contributed by atoms with Crippen molar-refractivity contribution in [1.29, 1.82) is 0 Å². The topological polar surface area (TPSA) is 115 Å². The van der Waals surface area contributed by atoms with Crippen LogP contribution in [0.2, 0.25) is 0 Å². The van der Waals surface area contributed by atoms with Crippen LogP contribution in [0.5, 0.6) is 0 Å². The molecule has 8 heteroatoms. The van der Waals surface area contributed by atoms with E-state index < -0.39 is 23.1 Å². The molecule has 124 valence electrons. The third-order valence-electron chi connectivity index (χ3n) is 3.66. The summed E-state index contributed by atoms with van der Waals surface area (Å²) in [5.74, 6) is -9.91. The molecule has 0 aliphatic heterocycles. The highest BCUT2D eigenvalue weighted by Gasteiger charge is 2.63. The molecule has 0 spiro atoms. The Labute approximate surface area is 148 Å². The number of aliphatic hydroxyl groups is 4. The summed E-state index contributed by atoms with van der Waals surface area (Å²) in [6, 6.07) is 11.4. The summed E-state index contributed by atoms with van der Waals surface area (Å²) in [4.78, 5) is 25.6. The first-order valence-corrected chi connectivity index (χ1v) is 8.32. The maximum atomic E-state index is 12.4. The number of rotatable bonds is 2. The van der Waals surface area contributed by atoms with Crippen LogP contribution in [0.15, 0.2) is 56.7 Å². The maximum absolute atomic E-state index is 12.4. The average molecular weight is 411 g/mol. The second kappa shape index (κ2) is 5.76. The van der Waals surface area contributed by atoms with Gasteiger partial charge in [0.25, 0.3) is 11.6 Å². The summed E-state index contributed by atoms with van der Waals surface area (Å²) in [5.41, 5.74) is -0.523. The number of halogens is 1. The fourth-order valence-corrected chi connectivity index (χ4v) is 3.59. The van der Waals surface area contributed by atoms with Crippen molar-refractivity contribution in [1.82, 2.24) is 0 Å². The van der Waals surface area contributed by atoms with Crippen LogP contribution in [0.4, 0.5) is 0 Å². The Morgan fingerprint density at radius 2 is 1.42 bits per heavy atom. The lowest BCUT2D eigenvalue weighted by molar-refractivity contribution is -0.299. The molecule has 3 rings (SSSR count). The van der Waals surface area contributed by atoms with E-state index in [-0.39, 0.29) is 11.1 Å². The zero-order chi connectivity index (χ0) is 17.7. The molecule has 0 unspecified atom stereocenters. The number of Topliss-reactive ketones (excluding diaryl/α,β-unsaturated/α-hetero) is 2. The zero-order valence-electron chi connectivity index (χ0n) is 11.9. The number of ketones is 2. The predicted octanol–water partition coefficient (Wildman–Crippen LogP) is 1.34. The van der Waals surface area contributed by atoms with E-state index in [1.807, 2.05) is 0 Å². The van der Waals surface area contributed by atoms with Crippen LogP contribution >= 0.6 is 27.7 Å². The molecule has 24 heavy (non-hydrogen) atoms. The lowest BCUT2D eigenvalue weighted by Crippen LogP contribution is -2.66. The van der Waals surface area contributed by atoms with Gasteiger partial charge in [0.2, 0.25) is 11.6 Å². The van der Waals surface area contributed by atoms with Gasteiger partial charge in [-0.05, 0) is 30.3 Å². The average Bonchev–Trinajstić information content (AvgIpc) is 2.54. The minimum Gasteiger partial charge on any atom is -0.355 e. The number of hydrogen-bond donors (Lipinski definition) is 4. The maximum Gasteiger partial charge on any atom is 0.292 e. The van der Waals surface area contributed by atoms with Crippen molar-refractivity contribution in [2.24, 2.45) is 0 Å². The van der Waals surface area contributed by atoms with Crippen LogP contribution in [0.25, 0.3) is 0 Å². The second-order valence-electron chi connectivity index (χ2n) is 5.24. The number of carbonyl (C=O) groups excluding carboxylic acids is 2. The minimum absolute atomic E-state index is 0.251. The van der Waals surface area contributed by atoms with Crippen LogP contribution in [0.3, 0.4) is 0 Å². The van der Waals surface area contributed by atoms with E-state index >= 15 is 0 Å². The van der Waals surface area contributed by atoms with Gasteiger partial charge in [-0.2, -0.15) is 0 Å². The quantitative estimate of drug-likeness (QED) is 0.552. The van der Waals surface area contributed by atoms with Crippen molar-refractivity contribution in [3.05, 3.63) is 58.1 Å². The highest BCUT2D eigenvalue weighted by molar-refractivity contribution is 9.10. The van der Waals surface area contributed by atoms with Gasteiger partial charge in [0.15, 0.2) is 0 Å². The van der Waals surface area contributed by atoms with E-state index in [9.17, 15) is 30.0 Å². The first-order chi connectivity index (χ1) is 11.2. The van der Waals surface area contributed by atoms with Crippen molar-refractivity contribution in [3.8, 4) is 0 Å². The molecular formula is C16H11BrO6S. The molecule has 6 nitrogen and oxygen atoms in total. The van der Waals surface area contributed by atoms with Crippen molar-refractivity contribution >= 4 is 39.3 Å². The molecule has 0 amide bonds. The summed E-state index contributed by atoms with van der Waals surface area (Å²) in [6.45, 7) is 0. The molecular weight excluding hydrogens is 400 g/mol. The van der Waals surface area contributed by atoms with Crippen molar-refractivity contribution < 1.29 is 30.0 Å². The fraction of sp³-hybridized carbons (Fsp3) is 0.125. The standard InChI is InChI=1S/C16H11BrO6S/c17-8-4-6-9(7-5-8)24-11-3-1-2-10-12(11)14(19)16(22,23)15(20,21)13(10)18/h1-7,20-23H. The Hall–Kier alpha value is -1.55. The van der Waals surface area contributed by atoms with Gasteiger partial charge in [-0.3, -0.25) is 9.59 Å². The van der Waals surface area contributed by atoms with Gasteiger partial charge in [-0.1, -0.05) is 39.8 Å². The van der Waals surface area contributed by atoms with E-state index in [0.29, 0.717) is 4.90 Å². The van der Waals surface area contributed by atoms with Crippen molar-refractivity contribution in [2.45, 2.75) is 21.4 Å². The molecule has 0 radical (unpaired) electrons. The van der Waals surface area contributed by atoms with Crippen LogP contribution in [0.1, 0.15) is 20.7 Å². The minimum atomic E-state index is -3.62. The summed E-state index contributed by atoms with van der Waals surface area (Å²) in [7, 11) is 0. The largest absolute Gasteiger partial charge is 0.355 e. The van der Waals surface area contributed by atoms with Gasteiger partial charge in [-0.25, -0.2) is 0 Å². The van der Waals surface area contributed by atoms with Gasteiger partial charge in [0, 0.05) is 25.4 Å². The summed E-state index contributed by atoms with van der Waals surface area (Å²) in [5, 5.41) is 38.9. The molecule has 0 saturated heterocycles. The van der Waals surface area contributed by atoms with Gasteiger partial charge in [0.05, 0.1) is 0 Å². The number of fused-ring (bicyclic) bond motifs is 1. The first-order valence-electron chi connectivity index (χ1n) is 6.72. The molecule has 1 aliphatic carbocycles. The molecule has 4 N–H and O–H groups in total. The molecule has 2 aromatic carbocycles. The molecule has 0 saturated carbocycles. The Morgan fingerprint density at radius 1 is 0.833 bits per heavy atom.